The number of hydrogen-bond acceptors (Lipinski definition) is 4. The second kappa shape index (κ2) is 5.59. The Morgan fingerprint density at radius 2 is 2.16 bits per heavy atom. The van der Waals surface area contributed by atoms with E-state index < -0.39 is 0 Å². The largest absolute Gasteiger partial charge is 0.295 e. The minimum Gasteiger partial charge on any atom is -0.295 e. The second-order valence-electron chi connectivity index (χ2n) is 5.98. The molecule has 3 heterocycles. The first kappa shape index (κ1) is 13.1. The van der Waals surface area contributed by atoms with Crippen LogP contribution < -0.4 is 0 Å². The molecular weight excluding hydrogens is 238 g/mol. The van der Waals surface area contributed by atoms with Crippen LogP contribution in [0.5, 0.6) is 0 Å². The van der Waals surface area contributed by atoms with Crippen LogP contribution in [-0.2, 0) is 13.0 Å². The number of aromatic amines is 1. The first-order valence-electron chi connectivity index (χ1n) is 7.64. The van der Waals surface area contributed by atoms with Gasteiger partial charge in [0.15, 0.2) is 0 Å². The van der Waals surface area contributed by atoms with Gasteiger partial charge in [0.1, 0.15) is 11.6 Å². The number of piperidine rings is 1. The van der Waals surface area contributed by atoms with Gasteiger partial charge in [-0.15, -0.1) is 0 Å². The van der Waals surface area contributed by atoms with E-state index in [1.807, 2.05) is 0 Å². The highest BCUT2D eigenvalue weighted by Gasteiger charge is 2.35. The molecule has 106 valence electrons. The van der Waals surface area contributed by atoms with Crippen molar-refractivity contribution in [2.45, 2.75) is 58.2 Å². The molecule has 5 heteroatoms. The molecule has 3 rings (SSSR count). The predicted octanol–water partition coefficient (Wildman–Crippen LogP) is 1.43. The number of aromatic nitrogens is 3. The summed E-state index contributed by atoms with van der Waals surface area (Å²) in [5.74, 6) is 1.94. The van der Waals surface area contributed by atoms with Crippen LogP contribution in [0, 0.1) is 0 Å². The van der Waals surface area contributed by atoms with Gasteiger partial charge in [-0.1, -0.05) is 13.3 Å². The van der Waals surface area contributed by atoms with Gasteiger partial charge in [0, 0.05) is 31.6 Å². The minimum absolute atomic E-state index is 0.767. The first-order valence-corrected chi connectivity index (χ1v) is 7.64. The van der Waals surface area contributed by atoms with Crippen LogP contribution in [0.15, 0.2) is 0 Å². The fourth-order valence-corrected chi connectivity index (χ4v) is 3.32. The normalized spacial score (nSPS) is 26.5. The van der Waals surface area contributed by atoms with Gasteiger partial charge in [-0.3, -0.25) is 14.9 Å². The maximum atomic E-state index is 4.48. The van der Waals surface area contributed by atoms with Crippen molar-refractivity contribution in [3.05, 3.63) is 11.6 Å². The van der Waals surface area contributed by atoms with E-state index in [4.69, 9.17) is 0 Å². The highest BCUT2D eigenvalue weighted by Crippen LogP contribution is 2.24. The van der Waals surface area contributed by atoms with Crippen molar-refractivity contribution < 1.29 is 0 Å². The maximum Gasteiger partial charge on any atom is 0.150 e. The monoisotopic (exact) mass is 263 g/mol. The first-order chi connectivity index (χ1) is 9.26. The van der Waals surface area contributed by atoms with Gasteiger partial charge >= 0.3 is 0 Å². The number of likely N-dealkylation sites (tertiary alicyclic amines) is 2. The van der Waals surface area contributed by atoms with Crippen LogP contribution in [0.1, 0.15) is 44.8 Å². The Kier molecular flexibility index (Phi) is 3.84. The van der Waals surface area contributed by atoms with E-state index in [1.54, 1.807) is 0 Å². The molecule has 19 heavy (non-hydrogen) atoms. The molecule has 0 aromatic carbocycles. The van der Waals surface area contributed by atoms with Gasteiger partial charge in [0.25, 0.3) is 0 Å². The standard InChI is InChI=1S/C14H25N5/c1-3-13-15-14(17-16-13)10-18-8-12(9-18)19-7-5-4-6-11(19)2/h11-12H,3-10H2,1-2H3,(H,15,16,17). The average molecular weight is 263 g/mol. The molecule has 2 fully saturated rings. The molecule has 1 aromatic rings. The van der Waals surface area contributed by atoms with E-state index in [1.165, 1.54) is 38.9 Å². The molecule has 1 unspecified atom stereocenters. The van der Waals surface area contributed by atoms with Crippen molar-refractivity contribution in [3.63, 3.8) is 0 Å². The van der Waals surface area contributed by atoms with E-state index in [0.29, 0.717) is 0 Å². The molecule has 0 spiro atoms. The summed E-state index contributed by atoms with van der Waals surface area (Å²) in [5.41, 5.74) is 0. The summed E-state index contributed by atoms with van der Waals surface area (Å²) < 4.78 is 0. The third-order valence-electron chi connectivity index (χ3n) is 4.53. The van der Waals surface area contributed by atoms with Crippen molar-refractivity contribution >= 4 is 0 Å². The summed E-state index contributed by atoms with van der Waals surface area (Å²) in [6.07, 6.45) is 5.07. The number of H-pyrrole nitrogens is 1. The topological polar surface area (TPSA) is 48.1 Å². The molecule has 1 atom stereocenters. The lowest BCUT2D eigenvalue weighted by atomic mass is 9.97. The maximum absolute atomic E-state index is 4.48. The molecule has 0 amide bonds. The van der Waals surface area contributed by atoms with E-state index in [-0.39, 0.29) is 0 Å². The summed E-state index contributed by atoms with van der Waals surface area (Å²) in [5, 5.41) is 7.24. The Morgan fingerprint density at radius 3 is 2.84 bits per heavy atom. The number of nitrogens with zero attached hydrogens (tertiary/aromatic N) is 4. The molecule has 0 saturated carbocycles. The molecule has 1 N–H and O–H groups in total. The molecule has 0 bridgehead atoms. The smallest absolute Gasteiger partial charge is 0.150 e. The van der Waals surface area contributed by atoms with Crippen LogP contribution in [0.4, 0.5) is 0 Å². The summed E-state index contributed by atoms with van der Waals surface area (Å²) in [6, 6.07) is 1.54. The highest BCUT2D eigenvalue weighted by atomic mass is 15.3. The van der Waals surface area contributed by atoms with E-state index in [2.05, 4.69) is 38.8 Å². The van der Waals surface area contributed by atoms with Gasteiger partial charge in [-0.25, -0.2) is 4.98 Å². The zero-order valence-corrected chi connectivity index (χ0v) is 12.1. The van der Waals surface area contributed by atoms with Gasteiger partial charge in [0.2, 0.25) is 0 Å². The van der Waals surface area contributed by atoms with Crippen molar-refractivity contribution in [1.82, 2.24) is 25.0 Å². The van der Waals surface area contributed by atoms with Crippen LogP contribution in [-0.4, -0.2) is 56.7 Å². The Balaban J connectivity index is 1.47. The lowest BCUT2D eigenvalue weighted by Crippen LogP contribution is -2.61. The average Bonchev–Trinajstić information content (AvgIpc) is 2.82. The Bertz CT molecular complexity index is 410. The van der Waals surface area contributed by atoms with Crippen molar-refractivity contribution in [2.24, 2.45) is 0 Å². The fourth-order valence-electron chi connectivity index (χ4n) is 3.32. The zero-order valence-electron chi connectivity index (χ0n) is 12.1. The lowest BCUT2D eigenvalue weighted by molar-refractivity contribution is -0.00729. The van der Waals surface area contributed by atoms with Crippen LogP contribution in [0.25, 0.3) is 0 Å². The molecule has 5 nitrogen and oxygen atoms in total. The second-order valence-corrected chi connectivity index (χ2v) is 5.98. The number of rotatable bonds is 4. The Hall–Kier alpha value is -0.940. The Morgan fingerprint density at radius 1 is 1.32 bits per heavy atom. The van der Waals surface area contributed by atoms with Crippen LogP contribution in [0.2, 0.25) is 0 Å². The van der Waals surface area contributed by atoms with E-state index in [9.17, 15) is 0 Å². The summed E-state index contributed by atoms with van der Waals surface area (Å²) in [6.45, 7) is 9.06. The zero-order chi connectivity index (χ0) is 13.2. The number of nitrogens with one attached hydrogen (secondary N) is 1. The van der Waals surface area contributed by atoms with Gasteiger partial charge in [0.05, 0.1) is 6.54 Å². The summed E-state index contributed by atoms with van der Waals surface area (Å²) >= 11 is 0. The van der Waals surface area contributed by atoms with E-state index >= 15 is 0 Å². The Labute approximate surface area is 115 Å². The van der Waals surface area contributed by atoms with E-state index in [0.717, 1.165) is 36.7 Å². The summed E-state index contributed by atoms with van der Waals surface area (Å²) in [4.78, 5) is 9.65. The SMILES string of the molecule is CCc1n[nH]c(CN2CC(N3CCCCC3C)C2)n1. The molecule has 2 saturated heterocycles. The molecular formula is C14H25N5. The van der Waals surface area contributed by atoms with Crippen LogP contribution >= 0.6 is 0 Å². The fraction of sp³-hybridized carbons (Fsp3) is 0.857. The third kappa shape index (κ3) is 2.82. The van der Waals surface area contributed by atoms with Gasteiger partial charge in [-0.2, -0.15) is 5.10 Å². The molecule has 2 aliphatic heterocycles. The molecule has 0 aliphatic carbocycles. The number of aryl methyl sites for hydroxylation is 1. The van der Waals surface area contributed by atoms with Gasteiger partial charge < -0.3 is 0 Å². The van der Waals surface area contributed by atoms with Gasteiger partial charge in [-0.05, 0) is 26.3 Å². The summed E-state index contributed by atoms with van der Waals surface area (Å²) in [7, 11) is 0. The van der Waals surface area contributed by atoms with Crippen molar-refractivity contribution in [1.29, 1.82) is 0 Å². The highest BCUT2D eigenvalue weighted by molar-refractivity contribution is 4.96. The van der Waals surface area contributed by atoms with Crippen molar-refractivity contribution in [2.75, 3.05) is 19.6 Å². The van der Waals surface area contributed by atoms with Crippen molar-refractivity contribution in [3.8, 4) is 0 Å². The van der Waals surface area contributed by atoms with Crippen LogP contribution in [0.3, 0.4) is 0 Å². The minimum atomic E-state index is 0.767. The quantitative estimate of drug-likeness (QED) is 0.892. The molecule has 2 aliphatic rings. The molecule has 1 aromatic heterocycles. The molecule has 0 radical (unpaired) electrons. The number of hydrogen-bond donors (Lipinski definition) is 1. The predicted molar refractivity (Wildman–Crippen MR) is 74.8 cm³/mol. The lowest BCUT2D eigenvalue weighted by Gasteiger charge is -2.49. The third-order valence-corrected chi connectivity index (χ3v) is 4.53.